The van der Waals surface area contributed by atoms with Crippen molar-refractivity contribution < 1.29 is 0 Å². The molecule has 1 N–H and O–H groups in total. The standard InChI is InChI=1S/C14H22ClN5/c1-5-6-16-12(14-17-7-8-19(14)4)13-11(15)9-18-20(13)10(2)3/h7-10,12,16H,5-6H2,1-4H3. The molecule has 0 aliphatic carbocycles. The summed E-state index contributed by atoms with van der Waals surface area (Å²) >= 11 is 6.37. The fraction of sp³-hybridized carbons (Fsp3) is 0.571. The van der Waals surface area contributed by atoms with Crippen LogP contribution in [0.5, 0.6) is 0 Å². The van der Waals surface area contributed by atoms with Gasteiger partial charge in [-0.05, 0) is 26.8 Å². The first kappa shape index (κ1) is 15.1. The van der Waals surface area contributed by atoms with Crippen molar-refractivity contribution in [2.24, 2.45) is 7.05 Å². The third kappa shape index (κ3) is 2.88. The molecular weight excluding hydrogens is 274 g/mol. The second kappa shape index (κ2) is 6.41. The minimum Gasteiger partial charge on any atom is -0.336 e. The summed E-state index contributed by atoms with van der Waals surface area (Å²) in [6.45, 7) is 7.24. The minimum atomic E-state index is -0.0488. The Morgan fingerprint density at radius 1 is 1.40 bits per heavy atom. The van der Waals surface area contributed by atoms with Crippen LogP contribution < -0.4 is 5.32 Å². The van der Waals surface area contributed by atoms with E-state index in [9.17, 15) is 0 Å². The van der Waals surface area contributed by atoms with Crippen LogP contribution in [0.1, 0.15) is 50.8 Å². The molecule has 2 heterocycles. The quantitative estimate of drug-likeness (QED) is 0.891. The number of hydrogen-bond acceptors (Lipinski definition) is 3. The molecule has 1 unspecified atom stereocenters. The molecule has 0 fully saturated rings. The van der Waals surface area contributed by atoms with E-state index in [-0.39, 0.29) is 12.1 Å². The molecular formula is C14H22ClN5. The number of aryl methyl sites for hydroxylation is 1. The Balaban J connectivity index is 2.46. The summed E-state index contributed by atoms with van der Waals surface area (Å²) < 4.78 is 3.98. The lowest BCUT2D eigenvalue weighted by Gasteiger charge is -2.22. The van der Waals surface area contributed by atoms with E-state index >= 15 is 0 Å². The van der Waals surface area contributed by atoms with Gasteiger partial charge in [-0.2, -0.15) is 5.10 Å². The van der Waals surface area contributed by atoms with Gasteiger partial charge >= 0.3 is 0 Å². The van der Waals surface area contributed by atoms with Crippen molar-refractivity contribution in [3.63, 3.8) is 0 Å². The molecule has 110 valence electrons. The SMILES string of the molecule is CCCNC(c1nccn1C)c1c(Cl)cnn1C(C)C. The fourth-order valence-electron chi connectivity index (χ4n) is 2.29. The molecule has 2 aromatic heterocycles. The molecule has 1 atom stereocenters. The largest absolute Gasteiger partial charge is 0.336 e. The summed E-state index contributed by atoms with van der Waals surface area (Å²) in [6, 6.07) is 0.205. The van der Waals surface area contributed by atoms with Crippen LogP contribution in [-0.4, -0.2) is 25.9 Å². The van der Waals surface area contributed by atoms with E-state index in [1.54, 1.807) is 12.4 Å². The lowest BCUT2D eigenvalue weighted by Crippen LogP contribution is -2.28. The first-order valence-corrected chi connectivity index (χ1v) is 7.37. The Kier molecular flexibility index (Phi) is 4.83. The van der Waals surface area contributed by atoms with Crippen LogP contribution in [0.4, 0.5) is 0 Å². The highest BCUT2D eigenvalue weighted by molar-refractivity contribution is 6.31. The molecule has 0 radical (unpaired) electrons. The van der Waals surface area contributed by atoms with Gasteiger partial charge in [0.1, 0.15) is 11.9 Å². The van der Waals surface area contributed by atoms with Crippen molar-refractivity contribution in [2.45, 2.75) is 39.3 Å². The summed E-state index contributed by atoms with van der Waals surface area (Å²) in [5.74, 6) is 0.947. The van der Waals surface area contributed by atoms with Gasteiger partial charge in [0.2, 0.25) is 0 Å². The Morgan fingerprint density at radius 3 is 2.70 bits per heavy atom. The van der Waals surface area contributed by atoms with Crippen molar-refractivity contribution in [1.82, 2.24) is 24.6 Å². The Bertz CT molecular complexity index is 558. The van der Waals surface area contributed by atoms with Crippen molar-refractivity contribution in [1.29, 1.82) is 0 Å². The second-order valence-corrected chi connectivity index (χ2v) is 5.61. The second-order valence-electron chi connectivity index (χ2n) is 5.20. The number of imidazole rings is 1. The van der Waals surface area contributed by atoms with Crippen molar-refractivity contribution in [3.8, 4) is 0 Å². The van der Waals surface area contributed by atoms with Crippen LogP contribution >= 0.6 is 11.6 Å². The third-order valence-corrected chi connectivity index (χ3v) is 3.56. The van der Waals surface area contributed by atoms with E-state index in [4.69, 9.17) is 11.6 Å². The summed E-state index contributed by atoms with van der Waals surface area (Å²) in [6.07, 6.45) is 6.51. The van der Waals surface area contributed by atoms with Gasteiger partial charge in [-0.1, -0.05) is 18.5 Å². The van der Waals surface area contributed by atoms with Crippen LogP contribution in [-0.2, 0) is 7.05 Å². The summed E-state index contributed by atoms with van der Waals surface area (Å²) in [7, 11) is 1.99. The maximum atomic E-state index is 6.37. The number of aromatic nitrogens is 4. The number of nitrogens with one attached hydrogen (secondary N) is 1. The lowest BCUT2D eigenvalue weighted by molar-refractivity contribution is 0.458. The molecule has 0 aliphatic heterocycles. The molecule has 0 saturated carbocycles. The van der Waals surface area contributed by atoms with Gasteiger partial charge < -0.3 is 9.88 Å². The molecule has 2 aromatic rings. The normalized spacial score (nSPS) is 13.1. The Hall–Kier alpha value is -1.33. The van der Waals surface area contributed by atoms with Gasteiger partial charge in [0.25, 0.3) is 0 Å². The smallest absolute Gasteiger partial charge is 0.131 e. The average Bonchev–Trinajstić information content (AvgIpc) is 2.98. The molecule has 0 aliphatic rings. The predicted octanol–water partition coefficient (Wildman–Crippen LogP) is 2.94. The highest BCUT2D eigenvalue weighted by Crippen LogP contribution is 2.29. The molecule has 0 spiro atoms. The van der Waals surface area contributed by atoms with Gasteiger partial charge in [-0.15, -0.1) is 0 Å². The van der Waals surface area contributed by atoms with E-state index in [2.05, 4.69) is 36.2 Å². The van der Waals surface area contributed by atoms with Gasteiger partial charge in [0.15, 0.2) is 0 Å². The Labute approximate surface area is 125 Å². The Morgan fingerprint density at radius 2 is 2.15 bits per heavy atom. The van der Waals surface area contributed by atoms with Crippen LogP contribution in [0, 0.1) is 0 Å². The molecule has 20 heavy (non-hydrogen) atoms. The first-order chi connectivity index (χ1) is 9.56. The minimum absolute atomic E-state index is 0.0488. The highest BCUT2D eigenvalue weighted by Gasteiger charge is 2.25. The van der Waals surface area contributed by atoms with Gasteiger partial charge in [0.05, 0.1) is 16.9 Å². The predicted molar refractivity (Wildman–Crippen MR) is 81.0 cm³/mol. The van der Waals surface area contributed by atoms with Crippen LogP contribution in [0.3, 0.4) is 0 Å². The van der Waals surface area contributed by atoms with E-state index in [1.165, 1.54) is 0 Å². The van der Waals surface area contributed by atoms with E-state index < -0.39 is 0 Å². The lowest BCUT2D eigenvalue weighted by atomic mass is 10.1. The molecule has 6 heteroatoms. The molecule has 0 saturated heterocycles. The van der Waals surface area contributed by atoms with Crippen LogP contribution in [0.25, 0.3) is 0 Å². The molecule has 0 aromatic carbocycles. The monoisotopic (exact) mass is 295 g/mol. The zero-order valence-electron chi connectivity index (χ0n) is 12.5. The molecule has 2 rings (SSSR count). The summed E-state index contributed by atoms with van der Waals surface area (Å²) in [4.78, 5) is 4.47. The number of rotatable bonds is 6. The average molecular weight is 296 g/mol. The number of nitrogens with zero attached hydrogens (tertiary/aromatic N) is 4. The van der Waals surface area contributed by atoms with Crippen LogP contribution in [0.2, 0.25) is 5.02 Å². The number of halogens is 1. The first-order valence-electron chi connectivity index (χ1n) is 6.99. The van der Waals surface area contributed by atoms with Crippen molar-refractivity contribution in [3.05, 3.63) is 35.1 Å². The zero-order valence-corrected chi connectivity index (χ0v) is 13.2. The van der Waals surface area contributed by atoms with E-state index in [0.29, 0.717) is 5.02 Å². The molecule has 5 nitrogen and oxygen atoms in total. The fourth-order valence-corrected chi connectivity index (χ4v) is 2.53. The van der Waals surface area contributed by atoms with E-state index in [0.717, 1.165) is 24.5 Å². The topological polar surface area (TPSA) is 47.7 Å². The van der Waals surface area contributed by atoms with Crippen molar-refractivity contribution >= 4 is 11.6 Å². The number of hydrogen-bond donors (Lipinski definition) is 1. The highest BCUT2D eigenvalue weighted by atomic mass is 35.5. The maximum absolute atomic E-state index is 6.37. The maximum Gasteiger partial charge on any atom is 0.131 e. The zero-order chi connectivity index (χ0) is 14.7. The summed E-state index contributed by atoms with van der Waals surface area (Å²) in [5.41, 5.74) is 0.976. The third-order valence-electron chi connectivity index (χ3n) is 3.26. The molecule has 0 amide bonds. The van der Waals surface area contributed by atoms with E-state index in [1.807, 2.05) is 22.5 Å². The van der Waals surface area contributed by atoms with Crippen LogP contribution in [0.15, 0.2) is 18.6 Å². The van der Waals surface area contributed by atoms with Gasteiger partial charge in [0, 0.05) is 25.5 Å². The van der Waals surface area contributed by atoms with Crippen molar-refractivity contribution in [2.75, 3.05) is 6.54 Å². The molecule has 0 bridgehead atoms. The van der Waals surface area contributed by atoms with Gasteiger partial charge in [-0.25, -0.2) is 4.98 Å². The van der Waals surface area contributed by atoms with Gasteiger partial charge in [-0.3, -0.25) is 4.68 Å². The summed E-state index contributed by atoms with van der Waals surface area (Å²) in [5, 5.41) is 8.59.